The van der Waals surface area contributed by atoms with Gasteiger partial charge in [0.1, 0.15) is 0 Å². The van der Waals surface area contributed by atoms with Crippen LogP contribution in [0.3, 0.4) is 0 Å². The number of amides is 1. The quantitative estimate of drug-likeness (QED) is 0.757. The molecule has 1 amide bonds. The van der Waals surface area contributed by atoms with E-state index >= 15 is 0 Å². The van der Waals surface area contributed by atoms with Crippen LogP contribution >= 0.6 is 0 Å². The average molecular weight is 327 g/mol. The smallest absolute Gasteiger partial charge is 0.255 e. The predicted octanol–water partition coefficient (Wildman–Crippen LogP) is 2.30. The van der Waals surface area contributed by atoms with Gasteiger partial charge in [-0.2, -0.15) is 0 Å². The Balaban J connectivity index is 1.99. The van der Waals surface area contributed by atoms with E-state index < -0.39 is 0 Å². The Morgan fingerprint density at radius 1 is 1.08 bits per heavy atom. The van der Waals surface area contributed by atoms with E-state index in [1.54, 1.807) is 12.3 Å². The highest BCUT2D eigenvalue weighted by Gasteiger charge is 2.08. The van der Waals surface area contributed by atoms with Gasteiger partial charge in [0.15, 0.2) is 0 Å². The summed E-state index contributed by atoms with van der Waals surface area (Å²) >= 11 is 0. The van der Waals surface area contributed by atoms with Crippen molar-refractivity contribution in [1.29, 1.82) is 0 Å². The molecule has 1 heterocycles. The molecule has 0 saturated carbocycles. The summed E-state index contributed by atoms with van der Waals surface area (Å²) in [6.07, 6.45) is 2.50. The van der Waals surface area contributed by atoms with Gasteiger partial charge in [-0.1, -0.05) is 32.0 Å². The number of pyridine rings is 1. The Morgan fingerprint density at radius 2 is 1.79 bits per heavy atom. The van der Waals surface area contributed by atoms with Crippen molar-refractivity contribution >= 4 is 5.91 Å². The topological polar surface area (TPSA) is 54.3 Å². The zero-order valence-electron chi connectivity index (χ0n) is 14.4. The zero-order valence-corrected chi connectivity index (χ0v) is 14.4. The molecule has 0 unspecified atom stereocenters. The Labute approximate surface area is 142 Å². The molecule has 5 nitrogen and oxygen atoms in total. The molecule has 0 aliphatic carbocycles. The van der Waals surface area contributed by atoms with E-state index in [0.29, 0.717) is 12.1 Å². The van der Waals surface area contributed by atoms with Crippen LogP contribution in [0.15, 0.2) is 53.5 Å². The number of hydrogen-bond donors (Lipinski definition) is 1. The van der Waals surface area contributed by atoms with Gasteiger partial charge in [0, 0.05) is 24.5 Å². The van der Waals surface area contributed by atoms with Gasteiger partial charge in [0.05, 0.1) is 5.56 Å². The van der Waals surface area contributed by atoms with E-state index in [2.05, 4.69) is 24.1 Å². The van der Waals surface area contributed by atoms with Crippen LogP contribution in [0.2, 0.25) is 0 Å². The second kappa shape index (κ2) is 9.03. The van der Waals surface area contributed by atoms with Crippen LogP contribution in [0.1, 0.15) is 30.6 Å². The number of nitrogens with one attached hydrogen (secondary N) is 1. The lowest BCUT2D eigenvalue weighted by Gasteiger charge is -2.17. The number of carbonyl (C=O) groups excluding carboxylic acids is 1. The summed E-state index contributed by atoms with van der Waals surface area (Å²) in [6, 6.07) is 12.3. The Hall–Kier alpha value is -2.40. The molecular formula is C19H25N3O2. The molecule has 0 spiro atoms. The van der Waals surface area contributed by atoms with E-state index in [1.807, 2.05) is 30.3 Å². The van der Waals surface area contributed by atoms with Gasteiger partial charge >= 0.3 is 0 Å². The van der Waals surface area contributed by atoms with Gasteiger partial charge in [-0.25, -0.2) is 0 Å². The van der Waals surface area contributed by atoms with Gasteiger partial charge < -0.3 is 10.2 Å². The summed E-state index contributed by atoms with van der Waals surface area (Å²) in [5.41, 5.74) is 1.08. The number of carbonyl (C=O) groups is 1. The minimum Gasteiger partial charge on any atom is -0.352 e. The SMILES string of the molecule is CCN(CC)CCCNC(=O)c1ccc(=O)n(-c2ccccc2)c1. The molecule has 0 bridgehead atoms. The van der Waals surface area contributed by atoms with Crippen molar-refractivity contribution in [3.05, 3.63) is 64.6 Å². The third-order valence-electron chi connectivity index (χ3n) is 4.04. The van der Waals surface area contributed by atoms with Crippen LogP contribution in [-0.2, 0) is 0 Å². The first-order chi connectivity index (χ1) is 11.7. The second-order valence-corrected chi connectivity index (χ2v) is 5.60. The van der Waals surface area contributed by atoms with Crippen molar-refractivity contribution in [2.45, 2.75) is 20.3 Å². The molecule has 2 aromatic rings. The monoisotopic (exact) mass is 327 g/mol. The maximum atomic E-state index is 12.3. The maximum absolute atomic E-state index is 12.3. The lowest BCUT2D eigenvalue weighted by Crippen LogP contribution is -2.30. The maximum Gasteiger partial charge on any atom is 0.255 e. The summed E-state index contributed by atoms with van der Waals surface area (Å²) in [5.74, 6) is -0.153. The fourth-order valence-electron chi connectivity index (χ4n) is 2.56. The molecule has 0 aliphatic heterocycles. The van der Waals surface area contributed by atoms with Gasteiger partial charge in [-0.15, -0.1) is 0 Å². The average Bonchev–Trinajstić information content (AvgIpc) is 2.63. The largest absolute Gasteiger partial charge is 0.352 e. The van der Waals surface area contributed by atoms with E-state index in [1.165, 1.54) is 10.6 Å². The first-order valence-electron chi connectivity index (χ1n) is 8.44. The van der Waals surface area contributed by atoms with E-state index in [-0.39, 0.29) is 11.5 Å². The molecule has 1 aromatic carbocycles. The van der Waals surface area contributed by atoms with E-state index in [4.69, 9.17) is 0 Å². The summed E-state index contributed by atoms with van der Waals surface area (Å²) < 4.78 is 1.49. The van der Waals surface area contributed by atoms with Crippen LogP contribution in [0.5, 0.6) is 0 Å². The van der Waals surface area contributed by atoms with Crippen LogP contribution in [0, 0.1) is 0 Å². The number of benzene rings is 1. The molecule has 0 atom stereocenters. The van der Waals surface area contributed by atoms with Crippen molar-refractivity contribution in [3.8, 4) is 5.69 Å². The molecule has 1 aromatic heterocycles. The molecule has 0 saturated heterocycles. The van der Waals surface area contributed by atoms with Crippen molar-refractivity contribution in [3.63, 3.8) is 0 Å². The molecular weight excluding hydrogens is 302 g/mol. The molecule has 24 heavy (non-hydrogen) atoms. The van der Waals surface area contributed by atoms with Crippen molar-refractivity contribution < 1.29 is 4.79 Å². The number of aromatic nitrogens is 1. The first-order valence-corrected chi connectivity index (χ1v) is 8.44. The first kappa shape index (κ1) is 17.9. The van der Waals surface area contributed by atoms with Crippen LogP contribution in [-0.4, -0.2) is 41.6 Å². The van der Waals surface area contributed by atoms with Crippen molar-refractivity contribution in [2.75, 3.05) is 26.2 Å². The molecule has 0 aliphatic rings. The number of rotatable bonds is 8. The standard InChI is InChI=1S/C19H25N3O2/c1-3-21(4-2)14-8-13-20-19(24)16-11-12-18(23)22(15-16)17-9-6-5-7-10-17/h5-7,9-12,15H,3-4,8,13-14H2,1-2H3,(H,20,24). The third kappa shape index (κ3) is 4.80. The Morgan fingerprint density at radius 3 is 2.46 bits per heavy atom. The normalized spacial score (nSPS) is 10.8. The second-order valence-electron chi connectivity index (χ2n) is 5.60. The molecule has 2 rings (SSSR count). The highest BCUT2D eigenvalue weighted by Crippen LogP contribution is 2.06. The Kier molecular flexibility index (Phi) is 6.75. The molecule has 0 radical (unpaired) electrons. The predicted molar refractivity (Wildman–Crippen MR) is 96.8 cm³/mol. The van der Waals surface area contributed by atoms with E-state index in [9.17, 15) is 9.59 Å². The number of hydrogen-bond acceptors (Lipinski definition) is 3. The summed E-state index contributed by atoms with van der Waals surface area (Å²) in [7, 11) is 0. The highest BCUT2D eigenvalue weighted by molar-refractivity contribution is 5.93. The lowest BCUT2D eigenvalue weighted by atomic mass is 10.2. The fraction of sp³-hybridized carbons (Fsp3) is 0.368. The van der Waals surface area contributed by atoms with Gasteiger partial charge in [0.2, 0.25) is 0 Å². The summed E-state index contributed by atoms with van der Waals surface area (Å²) in [5, 5.41) is 2.92. The zero-order chi connectivity index (χ0) is 17.4. The molecule has 0 fully saturated rings. The minimum absolute atomic E-state index is 0.153. The van der Waals surface area contributed by atoms with Gasteiger partial charge in [-0.3, -0.25) is 14.2 Å². The van der Waals surface area contributed by atoms with Crippen LogP contribution in [0.25, 0.3) is 5.69 Å². The van der Waals surface area contributed by atoms with Crippen LogP contribution < -0.4 is 10.9 Å². The molecule has 1 N–H and O–H groups in total. The Bertz CT molecular complexity index is 706. The third-order valence-corrected chi connectivity index (χ3v) is 4.04. The summed E-state index contributed by atoms with van der Waals surface area (Å²) in [6.45, 7) is 7.90. The molecule has 128 valence electrons. The van der Waals surface area contributed by atoms with Crippen LogP contribution in [0.4, 0.5) is 0 Å². The fourth-order valence-corrected chi connectivity index (χ4v) is 2.56. The summed E-state index contributed by atoms with van der Waals surface area (Å²) in [4.78, 5) is 26.6. The van der Waals surface area contributed by atoms with Crippen molar-refractivity contribution in [2.24, 2.45) is 0 Å². The minimum atomic E-state index is -0.153. The van der Waals surface area contributed by atoms with Gasteiger partial charge in [0.25, 0.3) is 11.5 Å². The lowest BCUT2D eigenvalue weighted by molar-refractivity contribution is 0.0951. The van der Waals surface area contributed by atoms with Crippen molar-refractivity contribution in [1.82, 2.24) is 14.8 Å². The van der Waals surface area contributed by atoms with E-state index in [0.717, 1.165) is 31.7 Å². The number of para-hydroxylation sites is 1. The number of nitrogens with zero attached hydrogens (tertiary/aromatic N) is 2. The van der Waals surface area contributed by atoms with Gasteiger partial charge in [-0.05, 0) is 44.3 Å². The molecule has 5 heteroatoms. The highest BCUT2D eigenvalue weighted by atomic mass is 16.2.